The molecule has 0 atom stereocenters. The molecule has 0 aliphatic rings. The standard InChI is InChI=1S/C7H5N5O7S2/c8-5-6-3-1-2-4-7(6)9-10-11(12(13)14)20(15,16)21(17,18)19/h1-4H,(H,17,18,19). The van der Waals surface area contributed by atoms with Crippen molar-refractivity contribution in [3.63, 3.8) is 0 Å². The summed E-state index contributed by atoms with van der Waals surface area (Å²) in [5, 5.41) is 23.3. The van der Waals surface area contributed by atoms with Gasteiger partial charge in [0.15, 0.2) is 9.75 Å². The van der Waals surface area contributed by atoms with E-state index in [1.165, 1.54) is 24.3 Å². The number of hydrazine groups is 1. The zero-order chi connectivity index (χ0) is 16.3. The molecule has 0 saturated heterocycles. The first kappa shape index (κ1) is 16.4. The number of nitro groups is 1. The monoisotopic (exact) mass is 335 g/mol. The summed E-state index contributed by atoms with van der Waals surface area (Å²) in [5.41, 5.74) is -0.328. The van der Waals surface area contributed by atoms with Crippen LogP contribution in [-0.2, 0) is 18.2 Å². The third kappa shape index (κ3) is 3.47. The molecule has 0 amide bonds. The minimum absolute atomic E-state index is 0.0891. The molecule has 112 valence electrons. The van der Waals surface area contributed by atoms with Crippen molar-refractivity contribution in [1.82, 2.24) is 4.52 Å². The van der Waals surface area contributed by atoms with E-state index in [1.54, 1.807) is 6.07 Å². The summed E-state index contributed by atoms with van der Waals surface area (Å²) < 4.78 is 50.9. The van der Waals surface area contributed by atoms with Crippen molar-refractivity contribution in [2.75, 3.05) is 0 Å². The average Bonchev–Trinajstić information content (AvgIpc) is 2.37. The maximum atomic E-state index is 11.2. The SMILES string of the molecule is N#Cc1ccccc1N=NN([N+](=O)[O-])S(=O)(=O)S(=O)(=O)O. The Balaban J connectivity index is 3.33. The van der Waals surface area contributed by atoms with Gasteiger partial charge < -0.3 is 10.1 Å². The van der Waals surface area contributed by atoms with Crippen LogP contribution in [0, 0.1) is 21.4 Å². The number of rotatable bonds is 5. The Bertz CT molecular complexity index is 838. The Kier molecular flexibility index (Phi) is 4.52. The molecule has 0 saturated carbocycles. The van der Waals surface area contributed by atoms with Gasteiger partial charge in [-0.3, -0.25) is 4.55 Å². The van der Waals surface area contributed by atoms with Gasteiger partial charge in [0, 0.05) is 0 Å². The summed E-state index contributed by atoms with van der Waals surface area (Å²) in [6.07, 6.45) is 0. The van der Waals surface area contributed by atoms with E-state index >= 15 is 0 Å². The van der Waals surface area contributed by atoms with Gasteiger partial charge in [-0.05, 0) is 17.2 Å². The largest absolute Gasteiger partial charge is 0.439 e. The fraction of sp³-hybridized carbons (Fsp3) is 0. The summed E-state index contributed by atoms with van der Waals surface area (Å²) in [5.74, 6) is 0. The Labute approximate surface area is 117 Å². The average molecular weight is 335 g/mol. The molecular formula is C7H5N5O7S2. The third-order valence-electron chi connectivity index (χ3n) is 1.86. The lowest BCUT2D eigenvalue weighted by atomic mass is 10.2. The number of nitriles is 1. The van der Waals surface area contributed by atoms with Gasteiger partial charge >= 0.3 is 18.2 Å². The lowest BCUT2D eigenvalue weighted by Crippen LogP contribution is -2.36. The van der Waals surface area contributed by atoms with Crippen LogP contribution in [0.25, 0.3) is 0 Å². The highest BCUT2D eigenvalue weighted by atomic mass is 33.2. The van der Waals surface area contributed by atoms with E-state index in [2.05, 4.69) is 10.3 Å². The van der Waals surface area contributed by atoms with E-state index in [0.29, 0.717) is 0 Å². The Morgan fingerprint density at radius 2 is 1.86 bits per heavy atom. The van der Waals surface area contributed by atoms with Crippen LogP contribution in [0.3, 0.4) is 0 Å². The molecular weight excluding hydrogens is 330 g/mol. The summed E-state index contributed by atoms with van der Waals surface area (Å²) in [4.78, 5) is 10.5. The molecule has 21 heavy (non-hydrogen) atoms. The van der Waals surface area contributed by atoms with Gasteiger partial charge in [-0.1, -0.05) is 12.1 Å². The predicted molar refractivity (Wildman–Crippen MR) is 65.0 cm³/mol. The van der Waals surface area contributed by atoms with Gasteiger partial charge in [0.25, 0.3) is 0 Å². The molecule has 1 N–H and O–H groups in total. The maximum Gasteiger partial charge on any atom is 0.439 e. The van der Waals surface area contributed by atoms with Gasteiger partial charge in [0.2, 0.25) is 0 Å². The van der Waals surface area contributed by atoms with Crippen molar-refractivity contribution in [2.45, 2.75) is 0 Å². The minimum Gasteiger partial charge on any atom is -0.338 e. The predicted octanol–water partition coefficient (Wildman–Crippen LogP) is 0.183. The molecule has 1 aromatic carbocycles. The molecule has 0 aromatic heterocycles. The van der Waals surface area contributed by atoms with Crippen molar-refractivity contribution in [3.05, 3.63) is 39.9 Å². The van der Waals surface area contributed by atoms with Crippen molar-refractivity contribution >= 4 is 23.9 Å². The zero-order valence-corrected chi connectivity index (χ0v) is 11.4. The Morgan fingerprint density at radius 1 is 1.29 bits per heavy atom. The molecule has 0 aliphatic carbocycles. The molecule has 0 heterocycles. The molecule has 0 bridgehead atoms. The van der Waals surface area contributed by atoms with Crippen LogP contribution in [0.5, 0.6) is 0 Å². The Morgan fingerprint density at radius 3 is 2.33 bits per heavy atom. The summed E-state index contributed by atoms with van der Waals surface area (Å²) in [6.45, 7) is 0. The van der Waals surface area contributed by atoms with Crippen LogP contribution >= 0.6 is 0 Å². The molecule has 14 heteroatoms. The molecule has 0 spiro atoms. The second-order valence-electron chi connectivity index (χ2n) is 3.16. The first-order valence-corrected chi connectivity index (χ1v) is 8.09. The molecule has 0 unspecified atom stereocenters. The van der Waals surface area contributed by atoms with E-state index in [0.717, 1.165) is 0 Å². The molecule has 0 fully saturated rings. The van der Waals surface area contributed by atoms with Crippen LogP contribution < -0.4 is 0 Å². The van der Waals surface area contributed by atoms with Crippen LogP contribution in [0.2, 0.25) is 0 Å². The second-order valence-corrected chi connectivity index (χ2v) is 7.73. The highest BCUT2D eigenvalue weighted by molar-refractivity contribution is 8.63. The van der Waals surface area contributed by atoms with E-state index in [1.807, 2.05) is 0 Å². The van der Waals surface area contributed by atoms with Crippen LogP contribution in [0.1, 0.15) is 5.56 Å². The number of nitrogens with zero attached hydrogens (tertiary/aromatic N) is 5. The molecule has 0 radical (unpaired) electrons. The molecule has 12 nitrogen and oxygen atoms in total. The van der Waals surface area contributed by atoms with E-state index < -0.39 is 27.8 Å². The van der Waals surface area contributed by atoms with Crippen LogP contribution in [0.4, 0.5) is 5.69 Å². The van der Waals surface area contributed by atoms with Gasteiger partial charge in [0.1, 0.15) is 11.8 Å². The van der Waals surface area contributed by atoms with Crippen LogP contribution in [0.15, 0.2) is 34.6 Å². The molecule has 1 rings (SSSR count). The van der Waals surface area contributed by atoms with Gasteiger partial charge in [0.05, 0.1) is 10.6 Å². The summed E-state index contributed by atoms with van der Waals surface area (Å²) in [6, 6.07) is 6.93. The number of hydrogen-bond donors (Lipinski definition) is 1. The fourth-order valence-electron chi connectivity index (χ4n) is 0.985. The van der Waals surface area contributed by atoms with Gasteiger partial charge in [-0.15, -0.1) is 0 Å². The van der Waals surface area contributed by atoms with Crippen molar-refractivity contribution in [1.29, 1.82) is 5.26 Å². The zero-order valence-electron chi connectivity index (χ0n) is 9.76. The first-order valence-electron chi connectivity index (χ1n) is 4.69. The smallest absolute Gasteiger partial charge is 0.338 e. The Hall–Kier alpha value is -2.63. The highest BCUT2D eigenvalue weighted by Crippen LogP contribution is 2.19. The van der Waals surface area contributed by atoms with E-state index in [-0.39, 0.29) is 11.3 Å². The quantitative estimate of drug-likeness (QED) is 0.259. The number of hydrogen-bond acceptors (Lipinski definition) is 9. The third-order valence-corrected chi connectivity index (χ3v) is 4.99. The van der Waals surface area contributed by atoms with Crippen LogP contribution in [-0.4, -0.2) is 30.9 Å². The summed E-state index contributed by atoms with van der Waals surface area (Å²) >= 11 is 0. The molecule has 1 aromatic rings. The van der Waals surface area contributed by atoms with Crippen molar-refractivity contribution in [2.24, 2.45) is 10.3 Å². The first-order chi connectivity index (χ1) is 9.61. The highest BCUT2D eigenvalue weighted by Gasteiger charge is 2.44. The minimum atomic E-state index is -5.83. The van der Waals surface area contributed by atoms with E-state index in [4.69, 9.17) is 9.81 Å². The fourth-order valence-corrected chi connectivity index (χ4v) is 2.20. The number of benzene rings is 1. The topological polar surface area (TPSA) is 183 Å². The molecule has 0 aliphatic heterocycles. The van der Waals surface area contributed by atoms with Gasteiger partial charge in [-0.2, -0.15) is 22.1 Å². The maximum absolute atomic E-state index is 11.2. The normalized spacial score (nSPS) is 12.0. The van der Waals surface area contributed by atoms with Crippen molar-refractivity contribution in [3.8, 4) is 6.07 Å². The lowest BCUT2D eigenvalue weighted by Gasteiger charge is -2.04. The van der Waals surface area contributed by atoms with Crippen molar-refractivity contribution < 1.29 is 26.4 Å². The van der Waals surface area contributed by atoms with Gasteiger partial charge in [-0.25, -0.2) is 0 Å². The lowest BCUT2D eigenvalue weighted by molar-refractivity contribution is -0.622. The summed E-state index contributed by atoms with van der Waals surface area (Å²) in [7, 11) is -11.6. The van der Waals surface area contributed by atoms with E-state index in [9.17, 15) is 26.9 Å². The second kappa shape index (κ2) is 5.78.